The summed E-state index contributed by atoms with van der Waals surface area (Å²) in [6, 6.07) is 74.0. The van der Waals surface area contributed by atoms with E-state index in [1.807, 2.05) is 0 Å². The molecule has 0 saturated carbocycles. The van der Waals surface area contributed by atoms with Crippen LogP contribution in [0.5, 0.6) is 0 Å². The largest absolute Gasteiger partial charge is 0.309 e. The van der Waals surface area contributed by atoms with Crippen LogP contribution in [0.1, 0.15) is 180 Å². The number of hydrogen-bond acceptors (Lipinski definition) is 0. The predicted molar refractivity (Wildman–Crippen MR) is 383 cm³/mol. The van der Waals surface area contributed by atoms with E-state index in [1.54, 1.807) is 0 Å². The molecule has 2 aliphatic carbocycles. The van der Waals surface area contributed by atoms with Crippen molar-refractivity contribution in [2.45, 2.75) is 169 Å². The maximum absolute atomic E-state index is 2.63. The lowest BCUT2D eigenvalue weighted by atomic mass is 9.68. The zero-order chi connectivity index (χ0) is 62.6. The highest BCUT2D eigenvalue weighted by Crippen LogP contribution is 2.54. The fourth-order valence-corrected chi connectivity index (χ4v) is 16.2. The van der Waals surface area contributed by atoms with E-state index in [4.69, 9.17) is 0 Å². The molecule has 89 heavy (non-hydrogen) atoms. The van der Waals surface area contributed by atoms with E-state index >= 15 is 0 Å². The molecule has 0 aliphatic heterocycles. The van der Waals surface area contributed by atoms with Gasteiger partial charge >= 0.3 is 0 Å². The van der Waals surface area contributed by atoms with Crippen molar-refractivity contribution in [3.8, 4) is 39.3 Å². The predicted octanol–water partition coefficient (Wildman–Crippen LogP) is 23.3. The molecule has 15 rings (SSSR count). The molecule has 3 nitrogen and oxygen atoms in total. The highest BCUT2D eigenvalue weighted by Gasteiger charge is 2.40. The van der Waals surface area contributed by atoms with Crippen molar-refractivity contribution in [2.24, 2.45) is 0 Å². The van der Waals surface area contributed by atoms with Gasteiger partial charge in [-0.2, -0.15) is 0 Å². The summed E-state index contributed by atoms with van der Waals surface area (Å²) in [6.07, 6.45) is 0.840. The summed E-state index contributed by atoms with van der Waals surface area (Å²) in [7, 11) is 0. The van der Waals surface area contributed by atoms with Gasteiger partial charge in [-0.25, -0.2) is 0 Å². The average Bonchev–Trinajstić information content (AvgIpc) is 1.59. The average molecular weight is 1160 g/mol. The Morgan fingerprint density at radius 2 is 0.798 bits per heavy atom. The van der Waals surface area contributed by atoms with E-state index in [9.17, 15) is 0 Å². The first-order chi connectivity index (χ1) is 41.9. The van der Waals surface area contributed by atoms with Gasteiger partial charge in [-0.3, -0.25) is 0 Å². The fourth-order valence-electron chi connectivity index (χ4n) is 16.2. The van der Waals surface area contributed by atoms with Crippen molar-refractivity contribution in [3.63, 3.8) is 0 Å². The molecule has 0 spiro atoms. The summed E-state index contributed by atoms with van der Waals surface area (Å²) >= 11 is 0. The van der Waals surface area contributed by atoms with Crippen LogP contribution in [0.3, 0.4) is 0 Å². The molecule has 0 unspecified atom stereocenters. The number of rotatable bonds is 6. The zero-order valence-electron chi connectivity index (χ0n) is 55.9. The number of benzene rings is 10. The minimum absolute atomic E-state index is 0.0507. The van der Waals surface area contributed by atoms with Gasteiger partial charge in [-0.1, -0.05) is 240 Å². The lowest BCUT2D eigenvalue weighted by Crippen LogP contribution is -2.28. The molecule has 3 heteroatoms. The van der Waals surface area contributed by atoms with Gasteiger partial charge in [0.15, 0.2) is 0 Å². The molecule has 0 atom stereocenters. The Bertz CT molecular complexity index is 5070. The van der Waals surface area contributed by atoms with Gasteiger partial charge in [0.1, 0.15) is 0 Å². The minimum Gasteiger partial charge on any atom is -0.309 e. The Labute approximate surface area is 528 Å². The summed E-state index contributed by atoms with van der Waals surface area (Å²) in [5, 5.41) is 7.91. The lowest BCUT2D eigenvalue weighted by Gasteiger charge is -2.36. The molecule has 0 saturated heterocycles. The Kier molecular flexibility index (Phi) is 12.1. The van der Waals surface area contributed by atoms with E-state index in [0.717, 1.165) is 6.42 Å². The molecule has 3 aromatic heterocycles. The molecule has 0 N–H and O–H groups in total. The Morgan fingerprint density at radius 1 is 0.337 bits per heavy atom. The van der Waals surface area contributed by atoms with Crippen molar-refractivity contribution in [3.05, 3.63) is 244 Å². The minimum atomic E-state index is -0.488. The standard InChI is InChI=1S/C86H87N3/c1-80(2,3)55-44-56(81(4,5)6)47-59(46-55)87-70-35-25-31-62-52-36-37-53(66(43-52)86(17,18)79-73(41-40-72(87)77(79)75(62)70)89-67-32-21-19-28-63(67)64-29-20-22-33-68(64)89)50-84(13,14)58-45-57(82(7,8)9)48-60(49-58)88-69-34-24-30-61-51-26-23-27-54(42-51)85(15,16)78-65(83(10,11)12)38-39-71(88)76(78)74(61)69/h19-49H,50H2,1-18H3. The van der Waals surface area contributed by atoms with Crippen molar-refractivity contribution < 1.29 is 0 Å². The van der Waals surface area contributed by atoms with Crippen LogP contribution < -0.4 is 0 Å². The highest BCUT2D eigenvalue weighted by molar-refractivity contribution is 6.20. The summed E-state index contributed by atoms with van der Waals surface area (Å²) in [5.41, 5.74) is 28.6. The normalized spacial score (nSPS) is 14.9. The van der Waals surface area contributed by atoms with E-state index in [-0.39, 0.29) is 32.5 Å². The molecule has 2 aliphatic rings. The molecule has 4 bridgehead atoms. The fraction of sp³-hybridized carbons (Fsp3) is 0.302. The summed E-state index contributed by atoms with van der Waals surface area (Å²) in [5.74, 6) is 0. The van der Waals surface area contributed by atoms with Gasteiger partial charge < -0.3 is 13.7 Å². The topological polar surface area (TPSA) is 14.8 Å². The first kappa shape index (κ1) is 57.1. The number of nitrogens with zero attached hydrogens (tertiary/aromatic N) is 3. The Morgan fingerprint density at radius 3 is 1.34 bits per heavy atom. The third-order valence-electron chi connectivity index (χ3n) is 21.1. The van der Waals surface area contributed by atoms with Gasteiger partial charge in [0.25, 0.3) is 0 Å². The van der Waals surface area contributed by atoms with E-state index in [0.29, 0.717) is 0 Å². The van der Waals surface area contributed by atoms with Gasteiger partial charge in [0, 0.05) is 54.5 Å². The van der Waals surface area contributed by atoms with Crippen LogP contribution in [0.25, 0.3) is 105 Å². The maximum Gasteiger partial charge on any atom is 0.0547 e. The molecule has 0 radical (unpaired) electrons. The van der Waals surface area contributed by atoms with Crippen LogP contribution >= 0.6 is 0 Å². The van der Waals surface area contributed by atoms with Crippen LogP contribution in [0, 0.1) is 0 Å². The van der Waals surface area contributed by atoms with Gasteiger partial charge in [-0.15, -0.1) is 0 Å². The summed E-state index contributed by atoms with van der Waals surface area (Å²) < 4.78 is 7.83. The van der Waals surface area contributed by atoms with Gasteiger partial charge in [0.05, 0.1) is 38.8 Å². The van der Waals surface area contributed by atoms with Crippen LogP contribution in [0.2, 0.25) is 0 Å². The monoisotopic (exact) mass is 1160 g/mol. The number of aromatic nitrogens is 3. The first-order valence-corrected chi connectivity index (χ1v) is 32.7. The van der Waals surface area contributed by atoms with E-state index in [2.05, 4.69) is 326 Å². The zero-order valence-corrected chi connectivity index (χ0v) is 55.9. The van der Waals surface area contributed by atoms with Gasteiger partial charge in [-0.05, 0) is 184 Å². The van der Waals surface area contributed by atoms with E-state index in [1.165, 1.54) is 160 Å². The Balaban J connectivity index is 0.969. The second-order valence-electron chi connectivity index (χ2n) is 32.5. The summed E-state index contributed by atoms with van der Waals surface area (Å²) in [4.78, 5) is 0. The van der Waals surface area contributed by atoms with Crippen LogP contribution in [-0.4, -0.2) is 13.7 Å². The van der Waals surface area contributed by atoms with Crippen molar-refractivity contribution >= 4 is 65.4 Å². The van der Waals surface area contributed by atoms with Crippen LogP contribution in [0.4, 0.5) is 0 Å². The number of fused-ring (bicyclic) bond motifs is 9. The highest BCUT2D eigenvalue weighted by atomic mass is 15.0. The molecular weight excluding hydrogens is 1070 g/mol. The lowest BCUT2D eigenvalue weighted by molar-refractivity contribution is 0.508. The molecule has 3 heterocycles. The van der Waals surface area contributed by atoms with Gasteiger partial charge in [0.2, 0.25) is 0 Å². The van der Waals surface area contributed by atoms with Crippen LogP contribution in [0.15, 0.2) is 188 Å². The van der Waals surface area contributed by atoms with E-state index < -0.39 is 5.41 Å². The van der Waals surface area contributed by atoms with Crippen molar-refractivity contribution in [2.75, 3.05) is 0 Å². The first-order valence-electron chi connectivity index (χ1n) is 32.7. The van der Waals surface area contributed by atoms with Crippen LogP contribution in [-0.2, 0) is 44.3 Å². The SMILES string of the molecule is CC(C)(C)c1cc(-n2c3cccc4c3c3c(c(-n5c6ccccc6c6ccccc65)ccc32)C(C)(C)c2cc-4ccc2CC(C)(C)c2cc(-n3c4cccc5c4c4c(c(C(C)(C)C)ccc43)C(C)(C)c3cccc-5c3)cc(C(C)(C)C)c2)cc(C(C)(C)C)c1. The molecule has 10 aromatic carbocycles. The Hall–Kier alpha value is -8.40. The molecule has 0 fully saturated rings. The smallest absolute Gasteiger partial charge is 0.0547 e. The molecule has 446 valence electrons. The molecule has 0 amide bonds. The summed E-state index contributed by atoms with van der Waals surface area (Å²) in [6.45, 7) is 43.4. The number of hydrogen-bond donors (Lipinski definition) is 0. The molecule has 13 aromatic rings. The third kappa shape index (κ3) is 8.49. The maximum atomic E-state index is 2.63. The third-order valence-corrected chi connectivity index (χ3v) is 21.1. The molecular formula is C86H87N3. The van der Waals surface area contributed by atoms with Crippen molar-refractivity contribution in [1.29, 1.82) is 0 Å². The van der Waals surface area contributed by atoms with Crippen molar-refractivity contribution in [1.82, 2.24) is 13.7 Å². The quantitative estimate of drug-likeness (QED) is 0.158. The second kappa shape index (κ2) is 18.8. The number of para-hydroxylation sites is 2. The second-order valence-corrected chi connectivity index (χ2v) is 32.5.